The number of carbonyl (C=O) groups excluding carboxylic acids is 1. The lowest BCUT2D eigenvalue weighted by Crippen LogP contribution is -2.18. The molecule has 0 saturated heterocycles. The van der Waals surface area contributed by atoms with Crippen LogP contribution in [0.1, 0.15) is 5.56 Å². The first kappa shape index (κ1) is 23.5. The predicted molar refractivity (Wildman–Crippen MR) is 117 cm³/mol. The number of carbonyl (C=O) groups is 1. The Morgan fingerprint density at radius 2 is 1.81 bits per heavy atom. The molecule has 2 aromatic carbocycles. The van der Waals surface area contributed by atoms with Crippen LogP contribution in [0.25, 0.3) is 0 Å². The molecule has 1 aromatic heterocycles. The number of hydrogen-bond acceptors (Lipinski definition) is 5. The van der Waals surface area contributed by atoms with Crippen LogP contribution in [0.3, 0.4) is 0 Å². The topological polar surface area (TPSA) is 75.3 Å². The van der Waals surface area contributed by atoms with Crippen molar-refractivity contribution in [2.24, 2.45) is 0 Å². The molecule has 0 spiro atoms. The first-order chi connectivity index (χ1) is 14.5. The fourth-order valence-corrected chi connectivity index (χ4v) is 5.36. The molecule has 0 aliphatic carbocycles. The molecular weight excluding hydrogens is 493 g/mol. The maximum atomic E-state index is 13.1. The van der Waals surface area contributed by atoms with E-state index in [0.29, 0.717) is 10.6 Å². The van der Waals surface area contributed by atoms with Crippen molar-refractivity contribution in [1.29, 1.82) is 0 Å². The van der Waals surface area contributed by atoms with Gasteiger partial charge in [0.15, 0.2) is 0 Å². The molecule has 0 aliphatic rings. The Hall–Kier alpha value is -2.21. The summed E-state index contributed by atoms with van der Waals surface area (Å²) in [5.74, 6) is -0.763. The summed E-state index contributed by atoms with van der Waals surface area (Å²) in [6.45, 7) is 0. The van der Waals surface area contributed by atoms with E-state index in [1.54, 1.807) is 23.6 Å². The van der Waals surface area contributed by atoms with E-state index in [0.717, 1.165) is 35.2 Å². The molecule has 0 aliphatic heterocycles. The fraction of sp³-hybridized carbons (Fsp3) is 0.105. The summed E-state index contributed by atoms with van der Waals surface area (Å²) >= 11 is 7.81. The highest BCUT2D eigenvalue weighted by molar-refractivity contribution is 8.00. The van der Waals surface area contributed by atoms with E-state index in [2.05, 4.69) is 10.0 Å². The van der Waals surface area contributed by atoms with Gasteiger partial charge in [0.05, 0.1) is 17.0 Å². The Kier molecular flexibility index (Phi) is 7.20. The molecule has 31 heavy (non-hydrogen) atoms. The lowest BCUT2D eigenvalue weighted by atomic mass is 10.1. The number of thioether (sulfide) groups is 1. The fourth-order valence-electron chi connectivity index (χ4n) is 2.44. The number of amides is 1. The third-order valence-electron chi connectivity index (χ3n) is 3.80. The van der Waals surface area contributed by atoms with Gasteiger partial charge < -0.3 is 5.32 Å². The van der Waals surface area contributed by atoms with Crippen molar-refractivity contribution < 1.29 is 26.4 Å². The minimum atomic E-state index is -4.66. The predicted octanol–water partition coefficient (Wildman–Crippen LogP) is 5.95. The smallest absolute Gasteiger partial charge is 0.325 e. The highest BCUT2D eigenvalue weighted by Gasteiger charge is 2.34. The molecule has 0 unspecified atom stereocenters. The molecule has 0 saturated carbocycles. The SMILES string of the molecule is O=C(CSc1ccc(NS(=O)(=O)c2cccs2)cc1)Nc1ccc(Cl)cc1C(F)(F)F. The number of benzene rings is 2. The van der Waals surface area contributed by atoms with Crippen molar-refractivity contribution in [3.63, 3.8) is 0 Å². The third-order valence-corrected chi connectivity index (χ3v) is 7.82. The number of anilines is 2. The summed E-state index contributed by atoms with van der Waals surface area (Å²) in [5.41, 5.74) is -1.06. The van der Waals surface area contributed by atoms with Gasteiger partial charge in [-0.05, 0) is 53.9 Å². The maximum Gasteiger partial charge on any atom is 0.418 e. The summed E-state index contributed by atoms with van der Waals surface area (Å²) in [5, 5.41) is 3.81. The highest BCUT2D eigenvalue weighted by Crippen LogP contribution is 2.36. The Labute approximate surface area is 189 Å². The number of rotatable bonds is 7. The minimum absolute atomic E-state index is 0.0884. The molecule has 0 bridgehead atoms. The quantitative estimate of drug-likeness (QED) is 0.388. The summed E-state index contributed by atoms with van der Waals surface area (Å²) in [4.78, 5) is 12.8. The lowest BCUT2D eigenvalue weighted by molar-refractivity contribution is -0.137. The van der Waals surface area contributed by atoms with Crippen LogP contribution < -0.4 is 10.0 Å². The molecule has 0 fully saturated rings. The van der Waals surface area contributed by atoms with Gasteiger partial charge in [0.2, 0.25) is 5.91 Å². The number of sulfonamides is 1. The molecule has 164 valence electrons. The van der Waals surface area contributed by atoms with Gasteiger partial charge in [-0.25, -0.2) is 8.42 Å². The standard InChI is InChI=1S/C19H14ClF3N2O3S3/c20-12-3-8-16(15(10-12)19(21,22)23)24-17(26)11-30-14-6-4-13(5-7-14)25-31(27,28)18-2-1-9-29-18/h1-10,25H,11H2,(H,24,26). The molecule has 12 heteroatoms. The second-order valence-corrected chi connectivity index (χ2v) is 10.4. The number of halogens is 4. The van der Waals surface area contributed by atoms with Gasteiger partial charge >= 0.3 is 6.18 Å². The summed E-state index contributed by atoms with van der Waals surface area (Å²) < 4.78 is 66.4. The molecule has 2 N–H and O–H groups in total. The molecular formula is C19H14ClF3N2O3S3. The minimum Gasteiger partial charge on any atom is -0.325 e. The Balaban J connectivity index is 1.59. The summed E-state index contributed by atoms with van der Waals surface area (Å²) in [6.07, 6.45) is -4.66. The van der Waals surface area contributed by atoms with E-state index in [1.807, 2.05) is 0 Å². The van der Waals surface area contributed by atoms with Crippen molar-refractivity contribution in [3.8, 4) is 0 Å². The van der Waals surface area contributed by atoms with Crippen molar-refractivity contribution in [2.75, 3.05) is 15.8 Å². The van der Waals surface area contributed by atoms with E-state index in [4.69, 9.17) is 11.6 Å². The van der Waals surface area contributed by atoms with Crippen molar-refractivity contribution in [1.82, 2.24) is 0 Å². The van der Waals surface area contributed by atoms with Crippen LogP contribution in [0.5, 0.6) is 0 Å². The molecule has 3 rings (SSSR count). The average Bonchev–Trinajstić information content (AvgIpc) is 3.24. The first-order valence-corrected chi connectivity index (χ1v) is 12.2. The number of alkyl halides is 3. The molecule has 0 atom stereocenters. The third kappa shape index (κ3) is 6.39. The molecule has 5 nitrogen and oxygen atoms in total. The average molecular weight is 507 g/mol. The second kappa shape index (κ2) is 9.51. The van der Waals surface area contributed by atoms with Crippen molar-refractivity contribution in [2.45, 2.75) is 15.3 Å². The normalized spacial score (nSPS) is 11.9. The number of nitrogens with one attached hydrogen (secondary N) is 2. The van der Waals surface area contributed by atoms with Gasteiger partial charge in [-0.15, -0.1) is 23.1 Å². The molecule has 1 heterocycles. The Morgan fingerprint density at radius 3 is 2.42 bits per heavy atom. The van der Waals surface area contributed by atoms with Crippen molar-refractivity contribution >= 4 is 62.0 Å². The highest BCUT2D eigenvalue weighted by atomic mass is 35.5. The van der Waals surface area contributed by atoms with Crippen LogP contribution in [0, 0.1) is 0 Å². The van der Waals surface area contributed by atoms with Gasteiger partial charge in [-0.3, -0.25) is 9.52 Å². The monoisotopic (exact) mass is 506 g/mol. The zero-order valence-corrected chi connectivity index (χ0v) is 18.6. The van der Waals surface area contributed by atoms with E-state index >= 15 is 0 Å². The maximum absolute atomic E-state index is 13.1. The number of hydrogen-bond donors (Lipinski definition) is 2. The largest absolute Gasteiger partial charge is 0.418 e. The zero-order valence-electron chi connectivity index (χ0n) is 15.4. The van der Waals surface area contributed by atoms with E-state index in [-0.39, 0.29) is 20.7 Å². The van der Waals surface area contributed by atoms with E-state index in [9.17, 15) is 26.4 Å². The van der Waals surface area contributed by atoms with E-state index in [1.165, 1.54) is 24.3 Å². The van der Waals surface area contributed by atoms with Gasteiger partial charge in [0, 0.05) is 15.6 Å². The van der Waals surface area contributed by atoms with E-state index < -0.39 is 27.7 Å². The van der Waals surface area contributed by atoms with Crippen LogP contribution >= 0.6 is 34.7 Å². The van der Waals surface area contributed by atoms with Crippen molar-refractivity contribution in [3.05, 3.63) is 70.6 Å². The van der Waals surface area contributed by atoms with Crippen LogP contribution in [0.4, 0.5) is 24.5 Å². The van der Waals surface area contributed by atoms with Crippen LogP contribution in [-0.2, 0) is 21.0 Å². The Bertz CT molecular complexity index is 1170. The van der Waals surface area contributed by atoms with Gasteiger partial charge in [0.1, 0.15) is 4.21 Å². The summed E-state index contributed by atoms with van der Waals surface area (Å²) in [7, 11) is -3.67. The van der Waals surface area contributed by atoms with Crippen LogP contribution in [0.15, 0.2) is 69.1 Å². The van der Waals surface area contributed by atoms with Gasteiger partial charge in [0.25, 0.3) is 10.0 Å². The lowest BCUT2D eigenvalue weighted by Gasteiger charge is -2.14. The first-order valence-electron chi connectivity index (χ1n) is 8.50. The number of thiophene rings is 1. The summed E-state index contributed by atoms with van der Waals surface area (Å²) in [6, 6.07) is 12.5. The Morgan fingerprint density at radius 1 is 1.10 bits per heavy atom. The van der Waals surface area contributed by atoms with Crippen LogP contribution in [0.2, 0.25) is 5.02 Å². The second-order valence-electron chi connectivity index (χ2n) is 6.09. The van der Waals surface area contributed by atoms with Gasteiger partial charge in [-0.1, -0.05) is 17.7 Å². The molecule has 1 amide bonds. The van der Waals surface area contributed by atoms with Gasteiger partial charge in [-0.2, -0.15) is 13.2 Å². The zero-order chi connectivity index (χ0) is 22.6. The molecule has 3 aromatic rings. The molecule has 0 radical (unpaired) electrons. The van der Waals surface area contributed by atoms with Crippen LogP contribution in [-0.4, -0.2) is 20.1 Å².